The fourth-order valence-electron chi connectivity index (χ4n) is 2.57. The Morgan fingerprint density at radius 1 is 0.929 bits per heavy atom. The maximum Gasteiger partial charge on any atom is 0.303 e. The highest BCUT2D eigenvalue weighted by Gasteiger charge is 2.08. The Kier molecular flexibility index (Phi) is 11.2. The summed E-state index contributed by atoms with van der Waals surface area (Å²) >= 11 is 0. The molecule has 8 nitrogen and oxygen atoms in total. The van der Waals surface area contributed by atoms with E-state index in [4.69, 9.17) is 14.4 Å². The number of carbonyl (C=O) groups excluding carboxylic acids is 1. The molecule has 0 saturated heterocycles. The van der Waals surface area contributed by atoms with Crippen molar-refractivity contribution in [1.29, 1.82) is 0 Å². The minimum Gasteiger partial charge on any atom is -0.491 e. The van der Waals surface area contributed by atoms with Crippen LogP contribution in [0.15, 0.2) is 24.3 Å². The Balaban J connectivity index is 2.27. The number of rotatable bonds is 15. The van der Waals surface area contributed by atoms with E-state index in [0.29, 0.717) is 37.1 Å². The lowest BCUT2D eigenvalue weighted by Gasteiger charge is -2.12. The summed E-state index contributed by atoms with van der Waals surface area (Å²) in [6, 6.07) is 7.02. The lowest BCUT2D eigenvalue weighted by atomic mass is 10.1. The Hall–Kier alpha value is -2.13. The standard InChI is InChI=1S/C19H29NO7S/c21-18(12-4-2-1-3-5-13-19(22)23)20-16-10-6-7-11-17(16)27-14-8-9-15-28(24,25)26/h6-7,10-11H,1-5,8-9,12-15H2,(H,20,21)(H,22,23)(H,24,25,26). The fourth-order valence-corrected chi connectivity index (χ4v) is 3.14. The van der Waals surface area contributed by atoms with E-state index < -0.39 is 16.1 Å². The molecule has 0 aliphatic rings. The molecule has 28 heavy (non-hydrogen) atoms. The molecule has 0 unspecified atom stereocenters. The fraction of sp³-hybridized carbons (Fsp3) is 0.579. The zero-order chi connectivity index (χ0) is 20.8. The molecular weight excluding hydrogens is 386 g/mol. The number of carboxylic acid groups (broad SMARTS) is 1. The molecule has 1 aromatic rings. The van der Waals surface area contributed by atoms with Crippen molar-refractivity contribution >= 4 is 27.7 Å². The second-order valence-corrected chi connectivity index (χ2v) is 8.12. The second kappa shape index (κ2) is 13.1. The number of hydrogen-bond acceptors (Lipinski definition) is 5. The number of amides is 1. The van der Waals surface area contributed by atoms with Crippen molar-refractivity contribution in [2.45, 2.75) is 57.8 Å². The van der Waals surface area contributed by atoms with Crippen LogP contribution in [-0.2, 0) is 19.7 Å². The predicted molar refractivity (Wildman–Crippen MR) is 106 cm³/mol. The van der Waals surface area contributed by atoms with Crippen LogP contribution in [0.2, 0.25) is 0 Å². The van der Waals surface area contributed by atoms with Gasteiger partial charge in [0.1, 0.15) is 5.75 Å². The van der Waals surface area contributed by atoms with Gasteiger partial charge in [0.15, 0.2) is 0 Å². The Bertz CT molecular complexity index is 719. The van der Waals surface area contributed by atoms with Gasteiger partial charge >= 0.3 is 5.97 Å². The van der Waals surface area contributed by atoms with Crippen LogP contribution in [0.5, 0.6) is 5.75 Å². The van der Waals surface area contributed by atoms with Gasteiger partial charge in [-0.1, -0.05) is 31.4 Å². The first kappa shape index (κ1) is 23.9. The summed E-state index contributed by atoms with van der Waals surface area (Å²) in [6.45, 7) is 0.277. The summed E-state index contributed by atoms with van der Waals surface area (Å²) in [5.41, 5.74) is 0.559. The SMILES string of the molecule is O=C(O)CCCCCCCC(=O)Nc1ccccc1OCCCCS(=O)(=O)O. The molecule has 0 aliphatic heterocycles. The van der Waals surface area contributed by atoms with Crippen LogP contribution in [0, 0.1) is 0 Å². The van der Waals surface area contributed by atoms with Crippen molar-refractivity contribution in [1.82, 2.24) is 0 Å². The van der Waals surface area contributed by atoms with Crippen molar-refractivity contribution in [3.63, 3.8) is 0 Å². The number of carbonyl (C=O) groups is 2. The molecular formula is C19H29NO7S. The van der Waals surface area contributed by atoms with E-state index in [1.165, 1.54) is 0 Å². The normalized spacial score (nSPS) is 11.2. The summed E-state index contributed by atoms with van der Waals surface area (Å²) in [5, 5.41) is 11.4. The first-order chi connectivity index (χ1) is 13.3. The summed E-state index contributed by atoms with van der Waals surface area (Å²) in [7, 11) is -3.95. The molecule has 0 fully saturated rings. The molecule has 1 amide bonds. The number of carboxylic acids is 1. The van der Waals surface area contributed by atoms with Gasteiger partial charge in [0.25, 0.3) is 10.1 Å². The molecule has 0 spiro atoms. The highest BCUT2D eigenvalue weighted by Crippen LogP contribution is 2.24. The number of aliphatic carboxylic acids is 1. The van der Waals surface area contributed by atoms with E-state index in [0.717, 1.165) is 25.7 Å². The van der Waals surface area contributed by atoms with Gasteiger partial charge in [-0.15, -0.1) is 0 Å². The molecule has 0 aromatic heterocycles. The van der Waals surface area contributed by atoms with Gasteiger partial charge < -0.3 is 15.2 Å². The van der Waals surface area contributed by atoms with E-state index in [2.05, 4.69) is 5.32 Å². The number of para-hydroxylation sites is 2. The molecule has 1 rings (SSSR count). The van der Waals surface area contributed by atoms with Gasteiger partial charge in [0.05, 0.1) is 18.0 Å². The summed E-state index contributed by atoms with van der Waals surface area (Å²) in [5.74, 6) is -0.687. The Labute approximate surface area is 166 Å². The van der Waals surface area contributed by atoms with Gasteiger partial charge in [-0.2, -0.15) is 8.42 Å². The topological polar surface area (TPSA) is 130 Å². The van der Waals surface area contributed by atoms with E-state index in [1.54, 1.807) is 24.3 Å². The smallest absolute Gasteiger partial charge is 0.303 e. The molecule has 0 atom stereocenters. The molecule has 0 heterocycles. The van der Waals surface area contributed by atoms with Crippen LogP contribution >= 0.6 is 0 Å². The Morgan fingerprint density at radius 3 is 2.25 bits per heavy atom. The largest absolute Gasteiger partial charge is 0.491 e. The maximum absolute atomic E-state index is 12.1. The van der Waals surface area contributed by atoms with Crippen molar-refractivity contribution in [2.75, 3.05) is 17.7 Å². The van der Waals surface area contributed by atoms with Crippen molar-refractivity contribution < 1.29 is 32.4 Å². The average Bonchev–Trinajstić information content (AvgIpc) is 2.60. The van der Waals surface area contributed by atoms with Crippen molar-refractivity contribution in [3.05, 3.63) is 24.3 Å². The first-order valence-corrected chi connectivity index (χ1v) is 11.1. The highest BCUT2D eigenvalue weighted by molar-refractivity contribution is 7.85. The van der Waals surface area contributed by atoms with Crippen LogP contribution in [-0.4, -0.2) is 42.3 Å². The van der Waals surface area contributed by atoms with Crippen LogP contribution in [0.4, 0.5) is 5.69 Å². The van der Waals surface area contributed by atoms with Crippen LogP contribution in [0.25, 0.3) is 0 Å². The third kappa shape index (κ3) is 12.3. The van der Waals surface area contributed by atoms with Gasteiger partial charge in [0, 0.05) is 12.8 Å². The van der Waals surface area contributed by atoms with Crippen molar-refractivity contribution in [2.24, 2.45) is 0 Å². The lowest BCUT2D eigenvalue weighted by molar-refractivity contribution is -0.137. The third-order valence-electron chi connectivity index (χ3n) is 4.01. The molecule has 9 heteroatoms. The van der Waals surface area contributed by atoms with E-state index in [-0.39, 0.29) is 24.7 Å². The van der Waals surface area contributed by atoms with Gasteiger partial charge in [0.2, 0.25) is 5.91 Å². The summed E-state index contributed by atoms with van der Waals surface area (Å²) < 4.78 is 35.6. The van der Waals surface area contributed by atoms with E-state index in [1.807, 2.05) is 0 Å². The van der Waals surface area contributed by atoms with Crippen molar-refractivity contribution in [3.8, 4) is 5.75 Å². The number of ether oxygens (including phenoxy) is 1. The van der Waals surface area contributed by atoms with E-state index >= 15 is 0 Å². The minimum atomic E-state index is -3.95. The second-order valence-electron chi connectivity index (χ2n) is 6.55. The zero-order valence-corrected chi connectivity index (χ0v) is 16.7. The molecule has 158 valence electrons. The van der Waals surface area contributed by atoms with E-state index in [9.17, 15) is 18.0 Å². The number of unbranched alkanes of at least 4 members (excludes halogenated alkanes) is 5. The average molecular weight is 416 g/mol. The third-order valence-corrected chi connectivity index (χ3v) is 4.81. The number of nitrogens with one attached hydrogen (secondary N) is 1. The van der Waals surface area contributed by atoms with Gasteiger partial charge in [-0.3, -0.25) is 14.1 Å². The van der Waals surface area contributed by atoms with Crippen LogP contribution in [0.3, 0.4) is 0 Å². The molecule has 1 aromatic carbocycles. The number of benzene rings is 1. The minimum absolute atomic E-state index is 0.118. The molecule has 0 aliphatic carbocycles. The quantitative estimate of drug-likeness (QED) is 0.295. The highest BCUT2D eigenvalue weighted by atomic mass is 32.2. The number of anilines is 1. The molecule has 0 bridgehead atoms. The summed E-state index contributed by atoms with van der Waals surface area (Å²) in [4.78, 5) is 22.5. The van der Waals surface area contributed by atoms with Crippen LogP contribution < -0.4 is 10.1 Å². The lowest BCUT2D eigenvalue weighted by Crippen LogP contribution is -2.12. The molecule has 0 radical (unpaired) electrons. The summed E-state index contributed by atoms with van der Waals surface area (Å²) in [6.07, 6.45) is 5.34. The zero-order valence-electron chi connectivity index (χ0n) is 15.9. The Morgan fingerprint density at radius 2 is 1.57 bits per heavy atom. The first-order valence-electron chi connectivity index (χ1n) is 9.46. The van der Waals surface area contributed by atoms with Gasteiger partial charge in [-0.25, -0.2) is 0 Å². The van der Waals surface area contributed by atoms with Gasteiger partial charge in [-0.05, 0) is 37.8 Å². The molecule has 3 N–H and O–H groups in total. The maximum atomic E-state index is 12.1. The number of hydrogen-bond donors (Lipinski definition) is 3. The monoisotopic (exact) mass is 415 g/mol. The molecule has 0 saturated carbocycles. The predicted octanol–water partition coefficient (Wildman–Crippen LogP) is 3.49. The van der Waals surface area contributed by atoms with Crippen LogP contribution in [0.1, 0.15) is 57.8 Å².